The van der Waals surface area contributed by atoms with E-state index in [1.54, 1.807) is 0 Å². The molecule has 0 saturated carbocycles. The highest BCUT2D eigenvalue weighted by molar-refractivity contribution is 5.93. The van der Waals surface area contributed by atoms with Gasteiger partial charge in [-0.1, -0.05) is 6.92 Å². The van der Waals surface area contributed by atoms with Crippen molar-refractivity contribution in [2.75, 3.05) is 32.7 Å². The van der Waals surface area contributed by atoms with E-state index in [9.17, 15) is 4.79 Å². The number of likely N-dealkylation sites (tertiary alicyclic amines) is 1. The summed E-state index contributed by atoms with van der Waals surface area (Å²) < 4.78 is 0. The van der Waals surface area contributed by atoms with E-state index in [4.69, 9.17) is 0 Å². The van der Waals surface area contributed by atoms with Crippen molar-refractivity contribution in [3.63, 3.8) is 0 Å². The zero-order valence-corrected chi connectivity index (χ0v) is 10.9. The molecule has 0 aromatic heterocycles. The molecule has 0 aliphatic carbocycles. The summed E-state index contributed by atoms with van der Waals surface area (Å²) in [6, 6.07) is 0.543. The maximum atomic E-state index is 11.9. The summed E-state index contributed by atoms with van der Waals surface area (Å²) in [5, 5.41) is 6.24. The van der Waals surface area contributed by atoms with Gasteiger partial charge < -0.3 is 10.6 Å². The lowest BCUT2D eigenvalue weighted by Gasteiger charge is -2.24. The van der Waals surface area contributed by atoms with Crippen LogP contribution in [-0.4, -0.2) is 49.6 Å². The molecule has 4 nitrogen and oxygen atoms in total. The maximum Gasteiger partial charge on any atom is 0.247 e. The largest absolute Gasteiger partial charge is 0.351 e. The van der Waals surface area contributed by atoms with Crippen molar-refractivity contribution in [2.45, 2.75) is 32.7 Å². The summed E-state index contributed by atoms with van der Waals surface area (Å²) in [5.74, 6) is 0.115. The number of amides is 1. The van der Waals surface area contributed by atoms with Crippen LogP contribution in [-0.2, 0) is 4.79 Å². The van der Waals surface area contributed by atoms with E-state index in [0.29, 0.717) is 6.04 Å². The number of hydrogen-bond acceptors (Lipinski definition) is 3. The van der Waals surface area contributed by atoms with Gasteiger partial charge in [-0.25, -0.2) is 0 Å². The van der Waals surface area contributed by atoms with Gasteiger partial charge >= 0.3 is 0 Å². The highest BCUT2D eigenvalue weighted by atomic mass is 16.1. The third-order valence-electron chi connectivity index (χ3n) is 3.95. The molecule has 0 aromatic rings. The molecule has 1 unspecified atom stereocenters. The fraction of sp³-hybridized carbons (Fsp3) is 0.769. The first-order valence-corrected chi connectivity index (χ1v) is 6.64. The van der Waals surface area contributed by atoms with Crippen molar-refractivity contribution < 1.29 is 4.79 Å². The summed E-state index contributed by atoms with van der Waals surface area (Å²) in [5.41, 5.74) is 2.16. The molecular weight excluding hydrogens is 214 g/mol. The van der Waals surface area contributed by atoms with Crippen LogP contribution in [0.3, 0.4) is 0 Å². The minimum Gasteiger partial charge on any atom is -0.351 e. The van der Waals surface area contributed by atoms with Crippen LogP contribution in [0.5, 0.6) is 0 Å². The van der Waals surface area contributed by atoms with Gasteiger partial charge in [0.25, 0.3) is 0 Å². The molecule has 2 heterocycles. The van der Waals surface area contributed by atoms with Gasteiger partial charge in [0.05, 0.1) is 0 Å². The van der Waals surface area contributed by atoms with Gasteiger partial charge in [0, 0.05) is 31.2 Å². The molecule has 0 bridgehead atoms. The second-order valence-electron chi connectivity index (χ2n) is 4.97. The van der Waals surface area contributed by atoms with Crippen molar-refractivity contribution in [3.8, 4) is 0 Å². The minimum absolute atomic E-state index is 0.115. The van der Waals surface area contributed by atoms with Crippen LogP contribution in [0.2, 0.25) is 0 Å². The number of rotatable bonds is 4. The highest BCUT2D eigenvalue weighted by Gasteiger charge is 2.24. The van der Waals surface area contributed by atoms with Crippen molar-refractivity contribution in [1.82, 2.24) is 15.5 Å². The molecule has 17 heavy (non-hydrogen) atoms. The molecule has 1 atom stereocenters. The molecule has 2 rings (SSSR count). The van der Waals surface area contributed by atoms with E-state index in [-0.39, 0.29) is 5.91 Å². The number of hydrogen-bond donors (Lipinski definition) is 2. The van der Waals surface area contributed by atoms with Crippen molar-refractivity contribution >= 4 is 5.91 Å². The average molecular weight is 237 g/mol. The zero-order chi connectivity index (χ0) is 12.3. The molecule has 1 amide bonds. The topological polar surface area (TPSA) is 44.4 Å². The number of nitrogens with one attached hydrogen (secondary N) is 2. The Kier molecular flexibility index (Phi) is 4.18. The van der Waals surface area contributed by atoms with E-state index < -0.39 is 0 Å². The summed E-state index contributed by atoms with van der Waals surface area (Å²) in [4.78, 5) is 14.4. The van der Waals surface area contributed by atoms with E-state index in [1.807, 2.05) is 6.92 Å². The fourth-order valence-corrected chi connectivity index (χ4v) is 2.56. The van der Waals surface area contributed by atoms with Gasteiger partial charge in [-0.3, -0.25) is 9.69 Å². The Morgan fingerprint density at radius 3 is 2.88 bits per heavy atom. The van der Waals surface area contributed by atoms with E-state index >= 15 is 0 Å². The molecule has 4 heteroatoms. The average Bonchev–Trinajstić information content (AvgIpc) is 2.70. The predicted octanol–water partition coefficient (Wildman–Crippen LogP) is 0.507. The summed E-state index contributed by atoms with van der Waals surface area (Å²) in [7, 11) is 0. The van der Waals surface area contributed by atoms with Crippen LogP contribution in [0, 0.1) is 0 Å². The Hall–Kier alpha value is -0.870. The van der Waals surface area contributed by atoms with E-state index in [2.05, 4.69) is 22.5 Å². The number of likely N-dealkylation sites (N-methyl/N-ethyl adjacent to an activating group) is 1. The van der Waals surface area contributed by atoms with Crippen molar-refractivity contribution in [3.05, 3.63) is 11.1 Å². The minimum atomic E-state index is 0.115. The lowest BCUT2D eigenvalue weighted by molar-refractivity contribution is -0.117. The highest BCUT2D eigenvalue weighted by Crippen LogP contribution is 2.16. The van der Waals surface area contributed by atoms with Crippen LogP contribution in [0.1, 0.15) is 26.7 Å². The SMILES string of the molecule is CCN1CCCC1CNC(=O)C(C)=C1CNC1. The molecule has 2 fully saturated rings. The third-order valence-corrected chi connectivity index (χ3v) is 3.95. The smallest absolute Gasteiger partial charge is 0.247 e. The fourth-order valence-electron chi connectivity index (χ4n) is 2.56. The predicted molar refractivity (Wildman–Crippen MR) is 68.8 cm³/mol. The monoisotopic (exact) mass is 237 g/mol. The Morgan fingerprint density at radius 1 is 1.53 bits per heavy atom. The third kappa shape index (κ3) is 2.87. The number of carbonyl (C=O) groups excluding carboxylic acids is 1. The molecule has 2 saturated heterocycles. The van der Waals surface area contributed by atoms with Gasteiger partial charge in [-0.05, 0) is 38.4 Å². The molecule has 96 valence electrons. The molecule has 0 spiro atoms. The second kappa shape index (κ2) is 5.65. The zero-order valence-electron chi connectivity index (χ0n) is 10.9. The van der Waals surface area contributed by atoms with Crippen molar-refractivity contribution in [1.29, 1.82) is 0 Å². The molecule has 0 radical (unpaired) electrons. The lowest BCUT2D eigenvalue weighted by Crippen LogP contribution is -2.42. The van der Waals surface area contributed by atoms with Crippen LogP contribution in [0.15, 0.2) is 11.1 Å². The van der Waals surface area contributed by atoms with Crippen LogP contribution in [0.4, 0.5) is 0 Å². The van der Waals surface area contributed by atoms with Gasteiger partial charge in [-0.2, -0.15) is 0 Å². The second-order valence-corrected chi connectivity index (χ2v) is 4.97. The lowest BCUT2D eigenvalue weighted by atomic mass is 10.0. The summed E-state index contributed by atoms with van der Waals surface area (Å²) in [6.07, 6.45) is 2.48. The Bertz CT molecular complexity index is 319. The van der Waals surface area contributed by atoms with Crippen molar-refractivity contribution in [2.24, 2.45) is 0 Å². The molecule has 0 aromatic carbocycles. The van der Waals surface area contributed by atoms with Crippen LogP contribution >= 0.6 is 0 Å². The van der Waals surface area contributed by atoms with Crippen LogP contribution < -0.4 is 10.6 Å². The first-order valence-electron chi connectivity index (χ1n) is 6.64. The number of nitrogens with zero attached hydrogens (tertiary/aromatic N) is 1. The van der Waals surface area contributed by atoms with Gasteiger partial charge in [-0.15, -0.1) is 0 Å². The molecular formula is C13H23N3O. The molecule has 2 N–H and O–H groups in total. The van der Waals surface area contributed by atoms with Gasteiger partial charge in [0.15, 0.2) is 0 Å². The number of carbonyl (C=O) groups is 1. The normalized spacial score (nSPS) is 24.6. The Labute approximate surface area is 103 Å². The quantitative estimate of drug-likeness (QED) is 0.700. The standard InChI is InChI=1S/C13H23N3O/c1-3-16-6-4-5-12(16)9-15-13(17)10(2)11-7-14-8-11/h12,14H,3-9H2,1-2H3,(H,15,17). The molecule has 2 aliphatic heterocycles. The summed E-state index contributed by atoms with van der Waals surface area (Å²) >= 11 is 0. The molecule has 2 aliphatic rings. The Balaban J connectivity index is 1.79. The van der Waals surface area contributed by atoms with E-state index in [0.717, 1.165) is 31.8 Å². The first-order chi connectivity index (χ1) is 8.22. The van der Waals surface area contributed by atoms with Crippen LogP contribution in [0.25, 0.3) is 0 Å². The van der Waals surface area contributed by atoms with Gasteiger partial charge in [0.2, 0.25) is 5.91 Å². The summed E-state index contributed by atoms with van der Waals surface area (Å²) in [6.45, 7) is 8.94. The van der Waals surface area contributed by atoms with Gasteiger partial charge in [0.1, 0.15) is 0 Å². The Morgan fingerprint density at radius 2 is 2.29 bits per heavy atom. The first kappa shape index (κ1) is 12.6. The maximum absolute atomic E-state index is 11.9. The van der Waals surface area contributed by atoms with E-state index in [1.165, 1.54) is 25.0 Å².